The first kappa shape index (κ1) is 10.7. The Morgan fingerprint density at radius 2 is 2.13 bits per heavy atom. The molecule has 0 bridgehead atoms. The highest BCUT2D eigenvalue weighted by atomic mass is 79.9. The lowest BCUT2D eigenvalue weighted by atomic mass is 10.1. The summed E-state index contributed by atoms with van der Waals surface area (Å²) >= 11 is 3.50. The van der Waals surface area contributed by atoms with Crippen molar-refractivity contribution in [3.8, 4) is 6.07 Å². The van der Waals surface area contributed by atoms with E-state index in [1.54, 1.807) is 0 Å². The number of nitrogens with zero attached hydrogens (tertiary/aromatic N) is 1. The standard InChI is InChI=1S/C12H13BrN2/c13-11-4-2-1-3-10(11)7-15-9-12(8-14)5-6-12/h1-4,15H,5-7,9H2. The molecule has 1 aliphatic rings. The van der Waals surface area contributed by atoms with Crippen molar-refractivity contribution < 1.29 is 0 Å². The molecule has 0 spiro atoms. The van der Waals surface area contributed by atoms with Gasteiger partial charge >= 0.3 is 0 Å². The third-order valence-electron chi connectivity index (χ3n) is 2.83. The van der Waals surface area contributed by atoms with Crippen molar-refractivity contribution >= 4 is 15.9 Å². The van der Waals surface area contributed by atoms with E-state index in [0.29, 0.717) is 0 Å². The zero-order chi connectivity index (χ0) is 10.7. The van der Waals surface area contributed by atoms with Crippen LogP contribution in [0, 0.1) is 16.7 Å². The summed E-state index contributed by atoms with van der Waals surface area (Å²) in [6, 6.07) is 10.5. The van der Waals surface area contributed by atoms with Gasteiger partial charge < -0.3 is 5.32 Å². The SMILES string of the molecule is N#CC1(CNCc2ccccc2Br)CC1. The van der Waals surface area contributed by atoms with Crippen molar-refractivity contribution in [2.75, 3.05) is 6.54 Å². The third-order valence-corrected chi connectivity index (χ3v) is 3.60. The highest BCUT2D eigenvalue weighted by Crippen LogP contribution is 2.44. The van der Waals surface area contributed by atoms with Gasteiger partial charge in [-0.05, 0) is 24.5 Å². The number of hydrogen-bond acceptors (Lipinski definition) is 2. The maximum Gasteiger partial charge on any atom is 0.0703 e. The zero-order valence-electron chi connectivity index (χ0n) is 8.46. The molecule has 0 unspecified atom stereocenters. The first-order valence-electron chi connectivity index (χ1n) is 5.11. The summed E-state index contributed by atoms with van der Waals surface area (Å²) in [5.41, 5.74) is 1.19. The summed E-state index contributed by atoms with van der Waals surface area (Å²) in [5.74, 6) is 0. The Labute approximate surface area is 98.4 Å². The Kier molecular flexibility index (Phi) is 3.08. The van der Waals surface area contributed by atoms with Crippen molar-refractivity contribution in [1.29, 1.82) is 5.26 Å². The normalized spacial score (nSPS) is 17.1. The van der Waals surface area contributed by atoms with E-state index in [1.165, 1.54) is 5.56 Å². The van der Waals surface area contributed by atoms with Gasteiger partial charge in [0.2, 0.25) is 0 Å². The molecule has 0 radical (unpaired) electrons. The first-order chi connectivity index (χ1) is 7.26. The monoisotopic (exact) mass is 264 g/mol. The van der Waals surface area contributed by atoms with Crippen molar-refractivity contribution in [3.05, 3.63) is 34.3 Å². The molecule has 2 rings (SSSR count). The number of nitriles is 1. The average Bonchev–Trinajstić information content (AvgIpc) is 3.02. The second-order valence-corrected chi connectivity index (χ2v) is 4.94. The third kappa shape index (κ3) is 2.58. The van der Waals surface area contributed by atoms with Gasteiger partial charge in [-0.2, -0.15) is 5.26 Å². The number of nitrogens with one attached hydrogen (secondary N) is 1. The molecule has 1 aromatic carbocycles. The molecule has 1 aliphatic carbocycles. The van der Waals surface area contributed by atoms with E-state index in [1.807, 2.05) is 18.2 Å². The smallest absolute Gasteiger partial charge is 0.0703 e. The van der Waals surface area contributed by atoms with Crippen molar-refractivity contribution in [2.45, 2.75) is 19.4 Å². The second kappa shape index (κ2) is 4.34. The molecule has 0 atom stereocenters. The Balaban J connectivity index is 1.84. The maximum absolute atomic E-state index is 8.91. The summed E-state index contributed by atoms with van der Waals surface area (Å²) in [6.07, 6.45) is 2.10. The summed E-state index contributed by atoms with van der Waals surface area (Å²) in [6.45, 7) is 1.63. The van der Waals surface area contributed by atoms with Gasteiger partial charge in [-0.25, -0.2) is 0 Å². The summed E-state index contributed by atoms with van der Waals surface area (Å²) < 4.78 is 1.12. The molecule has 1 aromatic rings. The molecule has 0 aliphatic heterocycles. The van der Waals surface area contributed by atoms with Crippen LogP contribution >= 0.6 is 15.9 Å². The highest BCUT2D eigenvalue weighted by molar-refractivity contribution is 9.10. The van der Waals surface area contributed by atoms with Gasteiger partial charge in [-0.15, -0.1) is 0 Å². The van der Waals surface area contributed by atoms with E-state index in [-0.39, 0.29) is 5.41 Å². The van der Waals surface area contributed by atoms with Gasteiger partial charge in [-0.1, -0.05) is 34.1 Å². The van der Waals surface area contributed by atoms with Crippen LogP contribution in [0.4, 0.5) is 0 Å². The van der Waals surface area contributed by atoms with Gasteiger partial charge in [0.25, 0.3) is 0 Å². The molecule has 1 fully saturated rings. The number of hydrogen-bond donors (Lipinski definition) is 1. The van der Waals surface area contributed by atoms with Crippen LogP contribution in [0.1, 0.15) is 18.4 Å². The summed E-state index contributed by atoms with van der Waals surface area (Å²) in [5, 5.41) is 12.3. The molecule has 15 heavy (non-hydrogen) atoms. The van der Waals surface area contributed by atoms with Gasteiger partial charge in [0, 0.05) is 17.6 Å². The number of benzene rings is 1. The fraction of sp³-hybridized carbons (Fsp3) is 0.417. The molecule has 0 amide bonds. The van der Waals surface area contributed by atoms with Crippen LogP contribution < -0.4 is 5.32 Å². The van der Waals surface area contributed by atoms with Crippen molar-refractivity contribution in [1.82, 2.24) is 5.32 Å². The Morgan fingerprint density at radius 3 is 2.73 bits per heavy atom. The Morgan fingerprint density at radius 1 is 1.40 bits per heavy atom. The molecular formula is C12H13BrN2. The molecule has 78 valence electrons. The van der Waals surface area contributed by atoms with Crippen LogP contribution in [0.25, 0.3) is 0 Å². The van der Waals surface area contributed by atoms with Gasteiger partial charge in [0.15, 0.2) is 0 Å². The van der Waals surface area contributed by atoms with Crippen LogP contribution in [-0.4, -0.2) is 6.54 Å². The van der Waals surface area contributed by atoms with Crippen LogP contribution in [0.2, 0.25) is 0 Å². The minimum absolute atomic E-state index is 0.0543. The zero-order valence-corrected chi connectivity index (χ0v) is 10.0. The van der Waals surface area contributed by atoms with Crippen LogP contribution in [0.3, 0.4) is 0 Å². The van der Waals surface area contributed by atoms with Gasteiger partial charge in [0.05, 0.1) is 11.5 Å². The highest BCUT2D eigenvalue weighted by Gasteiger charge is 2.42. The van der Waals surface area contributed by atoms with E-state index >= 15 is 0 Å². The predicted molar refractivity (Wildman–Crippen MR) is 63.1 cm³/mol. The minimum atomic E-state index is -0.0543. The summed E-state index contributed by atoms with van der Waals surface area (Å²) in [7, 11) is 0. The molecule has 2 nitrogen and oxygen atoms in total. The lowest BCUT2D eigenvalue weighted by Crippen LogP contribution is -2.22. The average molecular weight is 265 g/mol. The van der Waals surface area contributed by atoms with Crippen LogP contribution in [-0.2, 0) is 6.54 Å². The molecule has 0 aromatic heterocycles. The van der Waals surface area contributed by atoms with Crippen molar-refractivity contribution in [2.24, 2.45) is 5.41 Å². The summed E-state index contributed by atoms with van der Waals surface area (Å²) in [4.78, 5) is 0. The van der Waals surface area contributed by atoms with Crippen LogP contribution in [0.15, 0.2) is 28.7 Å². The quantitative estimate of drug-likeness (QED) is 0.908. The number of rotatable bonds is 4. The molecule has 3 heteroatoms. The lowest BCUT2D eigenvalue weighted by molar-refractivity contribution is 0.557. The molecule has 0 saturated heterocycles. The lowest BCUT2D eigenvalue weighted by Gasteiger charge is -2.09. The first-order valence-corrected chi connectivity index (χ1v) is 5.90. The molecular weight excluding hydrogens is 252 g/mol. The van der Waals surface area contributed by atoms with E-state index < -0.39 is 0 Å². The Hall–Kier alpha value is -0.850. The minimum Gasteiger partial charge on any atom is -0.311 e. The van der Waals surface area contributed by atoms with Crippen LogP contribution in [0.5, 0.6) is 0 Å². The molecule has 1 saturated carbocycles. The van der Waals surface area contributed by atoms with E-state index in [9.17, 15) is 0 Å². The van der Waals surface area contributed by atoms with E-state index in [0.717, 1.165) is 30.4 Å². The molecule has 1 N–H and O–H groups in total. The topological polar surface area (TPSA) is 35.8 Å². The second-order valence-electron chi connectivity index (χ2n) is 4.09. The Bertz CT molecular complexity index is 391. The van der Waals surface area contributed by atoms with Crippen molar-refractivity contribution in [3.63, 3.8) is 0 Å². The maximum atomic E-state index is 8.91. The largest absolute Gasteiger partial charge is 0.311 e. The predicted octanol–water partition coefficient (Wildman–Crippen LogP) is 2.84. The molecule has 0 heterocycles. The fourth-order valence-electron chi connectivity index (χ4n) is 1.56. The van der Waals surface area contributed by atoms with Gasteiger partial charge in [-0.3, -0.25) is 0 Å². The van der Waals surface area contributed by atoms with E-state index in [2.05, 4.69) is 33.4 Å². The fourth-order valence-corrected chi connectivity index (χ4v) is 1.98. The van der Waals surface area contributed by atoms with E-state index in [4.69, 9.17) is 5.26 Å². The van der Waals surface area contributed by atoms with Gasteiger partial charge in [0.1, 0.15) is 0 Å². The number of halogens is 1.